The van der Waals surface area contributed by atoms with Crippen LogP contribution in [0.5, 0.6) is 0 Å². The van der Waals surface area contributed by atoms with Crippen molar-refractivity contribution < 1.29 is 38.0 Å². The fraction of sp³-hybridized carbons (Fsp3) is 0.500. The van der Waals surface area contributed by atoms with Gasteiger partial charge in [-0.15, -0.1) is 0 Å². The number of hydrogen-bond acceptors (Lipinski definition) is 8. The summed E-state index contributed by atoms with van der Waals surface area (Å²) in [5.41, 5.74) is 2.01. The molecule has 8 heteroatoms. The van der Waals surface area contributed by atoms with Gasteiger partial charge in [-0.3, -0.25) is 0 Å². The lowest BCUT2D eigenvalue weighted by Gasteiger charge is -2.50. The Labute approximate surface area is 200 Å². The molecule has 0 aliphatic carbocycles. The van der Waals surface area contributed by atoms with Crippen molar-refractivity contribution >= 4 is 5.97 Å². The molecular formula is C26H32O8. The van der Waals surface area contributed by atoms with E-state index in [4.69, 9.17) is 33.2 Å². The number of fused-ring (bicyclic) bond motifs is 1. The normalized spacial score (nSPS) is 31.0. The number of ether oxygens (including phenoxy) is 7. The maximum Gasteiger partial charge on any atom is 0.366 e. The minimum Gasteiger partial charge on any atom is -0.462 e. The monoisotopic (exact) mass is 472 g/mol. The summed E-state index contributed by atoms with van der Waals surface area (Å²) in [6.07, 6.45) is -3.06. The predicted octanol–water partition coefficient (Wildman–Crippen LogP) is 3.22. The molecule has 2 aliphatic rings. The number of esters is 1. The number of benzene rings is 2. The van der Waals surface area contributed by atoms with Crippen LogP contribution in [0.3, 0.4) is 0 Å². The third-order valence-corrected chi connectivity index (χ3v) is 5.92. The lowest BCUT2D eigenvalue weighted by molar-refractivity contribution is -0.385. The van der Waals surface area contributed by atoms with Gasteiger partial charge < -0.3 is 33.2 Å². The molecule has 0 amide bonds. The summed E-state index contributed by atoms with van der Waals surface area (Å²) in [6.45, 7) is 4.29. The van der Waals surface area contributed by atoms with Gasteiger partial charge in [-0.1, -0.05) is 60.7 Å². The van der Waals surface area contributed by atoms with E-state index in [1.54, 1.807) is 21.0 Å². The Bertz CT molecular complexity index is 908. The van der Waals surface area contributed by atoms with E-state index in [1.807, 2.05) is 60.7 Å². The van der Waals surface area contributed by atoms with Crippen LogP contribution in [0.4, 0.5) is 0 Å². The molecule has 8 nitrogen and oxygen atoms in total. The summed E-state index contributed by atoms with van der Waals surface area (Å²) in [5, 5.41) is 0. The van der Waals surface area contributed by atoms with E-state index in [-0.39, 0.29) is 13.2 Å². The maximum atomic E-state index is 12.6. The van der Waals surface area contributed by atoms with E-state index in [2.05, 4.69) is 0 Å². The average Bonchev–Trinajstić information content (AvgIpc) is 2.87. The Morgan fingerprint density at radius 2 is 1.56 bits per heavy atom. The molecule has 0 aromatic heterocycles. The first kappa shape index (κ1) is 24.8. The van der Waals surface area contributed by atoms with Crippen molar-refractivity contribution in [2.45, 2.75) is 63.6 Å². The molecular weight excluding hydrogens is 440 g/mol. The van der Waals surface area contributed by atoms with Crippen LogP contribution in [0.1, 0.15) is 25.0 Å². The van der Waals surface area contributed by atoms with E-state index in [0.717, 1.165) is 11.1 Å². The minimum absolute atomic E-state index is 0.121. The van der Waals surface area contributed by atoms with E-state index < -0.39 is 42.5 Å². The van der Waals surface area contributed by atoms with Gasteiger partial charge >= 0.3 is 5.97 Å². The summed E-state index contributed by atoms with van der Waals surface area (Å²) >= 11 is 0. The Morgan fingerprint density at radius 3 is 2.12 bits per heavy atom. The molecule has 0 bridgehead atoms. The van der Waals surface area contributed by atoms with Crippen LogP contribution in [0.15, 0.2) is 60.7 Å². The maximum absolute atomic E-state index is 12.6. The smallest absolute Gasteiger partial charge is 0.366 e. The van der Waals surface area contributed by atoms with Crippen LogP contribution in [0.2, 0.25) is 0 Å². The van der Waals surface area contributed by atoms with Crippen molar-refractivity contribution in [2.24, 2.45) is 0 Å². The number of carbonyl (C=O) groups excluding carboxylic acids is 1. The van der Waals surface area contributed by atoms with Crippen LogP contribution in [-0.2, 0) is 51.2 Å². The zero-order chi connectivity index (χ0) is 24.0. The molecule has 184 valence electrons. The third kappa shape index (κ3) is 5.66. The van der Waals surface area contributed by atoms with Crippen molar-refractivity contribution in [3.05, 3.63) is 71.8 Å². The fourth-order valence-electron chi connectivity index (χ4n) is 4.15. The summed E-state index contributed by atoms with van der Waals surface area (Å²) in [4.78, 5) is 12.6. The quantitative estimate of drug-likeness (QED) is 0.515. The lowest BCUT2D eigenvalue weighted by atomic mass is 9.96. The molecule has 4 rings (SSSR count). The number of methoxy groups -OCH3 is 1. The highest BCUT2D eigenvalue weighted by Gasteiger charge is 2.56. The van der Waals surface area contributed by atoms with Crippen LogP contribution < -0.4 is 0 Å². The molecule has 0 spiro atoms. The second-order valence-corrected chi connectivity index (χ2v) is 8.36. The molecule has 2 fully saturated rings. The molecule has 6 atom stereocenters. The topological polar surface area (TPSA) is 81.7 Å². The van der Waals surface area contributed by atoms with Crippen molar-refractivity contribution in [2.75, 3.05) is 20.3 Å². The van der Waals surface area contributed by atoms with Gasteiger partial charge in [-0.25, -0.2) is 4.79 Å². The first-order valence-corrected chi connectivity index (χ1v) is 11.5. The molecule has 0 unspecified atom stereocenters. The van der Waals surface area contributed by atoms with E-state index in [0.29, 0.717) is 13.2 Å². The molecule has 2 aliphatic heterocycles. The molecule has 2 aromatic rings. The first-order chi connectivity index (χ1) is 16.5. The highest BCUT2D eigenvalue weighted by Crippen LogP contribution is 2.36. The highest BCUT2D eigenvalue weighted by molar-refractivity contribution is 5.77. The Kier molecular flexibility index (Phi) is 8.31. The molecule has 0 N–H and O–H groups in total. The van der Waals surface area contributed by atoms with Crippen LogP contribution >= 0.6 is 0 Å². The van der Waals surface area contributed by atoms with Gasteiger partial charge in [0.15, 0.2) is 6.29 Å². The van der Waals surface area contributed by atoms with E-state index in [1.165, 1.54) is 0 Å². The van der Waals surface area contributed by atoms with Gasteiger partial charge in [0.1, 0.15) is 24.4 Å². The van der Waals surface area contributed by atoms with E-state index >= 15 is 0 Å². The Balaban J connectivity index is 1.58. The van der Waals surface area contributed by atoms with Crippen LogP contribution in [0, 0.1) is 0 Å². The van der Waals surface area contributed by atoms with Crippen LogP contribution in [-0.4, -0.2) is 62.8 Å². The number of rotatable bonds is 9. The van der Waals surface area contributed by atoms with Gasteiger partial charge in [0.2, 0.25) is 0 Å². The van der Waals surface area contributed by atoms with Crippen molar-refractivity contribution in [1.29, 1.82) is 0 Å². The first-order valence-electron chi connectivity index (χ1n) is 11.5. The number of hydrogen-bond donors (Lipinski definition) is 0. The van der Waals surface area contributed by atoms with Crippen LogP contribution in [0.25, 0.3) is 0 Å². The van der Waals surface area contributed by atoms with Gasteiger partial charge in [0.25, 0.3) is 5.79 Å². The van der Waals surface area contributed by atoms with Crippen molar-refractivity contribution in [3.8, 4) is 0 Å². The van der Waals surface area contributed by atoms with Gasteiger partial charge in [0.05, 0.1) is 26.4 Å². The largest absolute Gasteiger partial charge is 0.462 e. The van der Waals surface area contributed by atoms with E-state index in [9.17, 15) is 4.79 Å². The minimum atomic E-state index is -1.57. The molecule has 2 saturated heterocycles. The van der Waals surface area contributed by atoms with Gasteiger partial charge in [-0.2, -0.15) is 0 Å². The highest BCUT2D eigenvalue weighted by atomic mass is 16.8. The molecule has 0 saturated carbocycles. The van der Waals surface area contributed by atoms with Crippen molar-refractivity contribution in [1.82, 2.24) is 0 Å². The SMILES string of the molecule is CCOC(=O)[C@]1(C)OC[C@H]2O[C@H](OC)[C@H](OCc3ccccc3)[C@@H](OCc3ccccc3)[C@@H]2O1. The third-order valence-electron chi connectivity index (χ3n) is 5.92. The second kappa shape index (κ2) is 11.4. The summed E-state index contributed by atoms with van der Waals surface area (Å²) in [7, 11) is 1.56. The predicted molar refractivity (Wildman–Crippen MR) is 122 cm³/mol. The Morgan fingerprint density at radius 1 is 0.971 bits per heavy atom. The van der Waals surface area contributed by atoms with Crippen molar-refractivity contribution in [3.63, 3.8) is 0 Å². The molecule has 34 heavy (non-hydrogen) atoms. The second-order valence-electron chi connectivity index (χ2n) is 8.36. The summed E-state index contributed by atoms with van der Waals surface area (Å²) in [5.74, 6) is -2.16. The number of carbonyl (C=O) groups is 1. The zero-order valence-corrected chi connectivity index (χ0v) is 19.8. The summed E-state index contributed by atoms with van der Waals surface area (Å²) in [6, 6.07) is 19.7. The molecule has 0 radical (unpaired) electrons. The fourth-order valence-corrected chi connectivity index (χ4v) is 4.15. The molecule has 2 heterocycles. The Hall–Kier alpha value is -2.33. The summed E-state index contributed by atoms with van der Waals surface area (Å²) < 4.78 is 41.5. The van der Waals surface area contributed by atoms with Gasteiger partial charge in [-0.05, 0) is 18.1 Å². The lowest BCUT2D eigenvalue weighted by Crippen LogP contribution is -2.67. The average molecular weight is 473 g/mol. The van der Waals surface area contributed by atoms with Gasteiger partial charge in [0, 0.05) is 14.0 Å². The zero-order valence-electron chi connectivity index (χ0n) is 19.8. The molecule has 2 aromatic carbocycles. The standard InChI is InChI=1S/C26H32O8/c1-4-29-25(27)26(2)32-17-20-21(34-26)22(30-15-18-11-7-5-8-12-18)23(24(28-3)33-20)31-16-19-13-9-6-10-14-19/h5-14,20-24H,4,15-17H2,1-3H3/t20-,21-,22+,23-,24+,26-/m1/s1.